The molecule has 0 aliphatic rings. The van der Waals surface area contributed by atoms with Crippen LogP contribution in [0, 0.1) is 5.82 Å². The number of amides is 1. The molecule has 0 aliphatic heterocycles. The van der Waals surface area contributed by atoms with Gasteiger partial charge in [0.25, 0.3) is 0 Å². The Morgan fingerprint density at radius 2 is 1.62 bits per heavy atom. The van der Waals surface area contributed by atoms with Crippen molar-refractivity contribution < 1.29 is 9.18 Å². The second-order valence-corrected chi connectivity index (χ2v) is 5.69. The lowest BCUT2D eigenvalue weighted by molar-refractivity contribution is -0.120. The van der Waals surface area contributed by atoms with Crippen molar-refractivity contribution in [1.82, 2.24) is 20.3 Å². The number of nitrogens with zero attached hydrogens (tertiary/aromatic N) is 5. The van der Waals surface area contributed by atoms with Crippen molar-refractivity contribution in [2.45, 2.75) is 13.0 Å². The van der Waals surface area contributed by atoms with E-state index in [1.807, 2.05) is 28.2 Å². The Balaban J connectivity index is 2.05. The van der Waals surface area contributed by atoms with Gasteiger partial charge in [-0.2, -0.15) is 15.0 Å². The lowest BCUT2D eigenvalue weighted by atomic mass is 10.1. The summed E-state index contributed by atoms with van der Waals surface area (Å²) in [6.07, 6.45) is -0.0289. The fraction of sp³-hybridized carbons (Fsp3) is 0.375. The van der Waals surface area contributed by atoms with Gasteiger partial charge in [0.05, 0.1) is 13.0 Å². The Morgan fingerprint density at radius 1 is 1.04 bits per heavy atom. The van der Waals surface area contributed by atoms with Gasteiger partial charge < -0.3 is 15.1 Å². The Labute approximate surface area is 140 Å². The number of anilines is 2. The Morgan fingerprint density at radius 3 is 2.17 bits per heavy atom. The van der Waals surface area contributed by atoms with Crippen LogP contribution >= 0.6 is 0 Å². The average molecular weight is 332 g/mol. The van der Waals surface area contributed by atoms with Crippen molar-refractivity contribution in [1.29, 1.82) is 0 Å². The SMILES string of the molecule is CN(C)c1nc(CNC(=O)Cc2ccccc2F)nc(N(C)C)n1. The molecule has 8 heteroatoms. The van der Waals surface area contributed by atoms with Gasteiger partial charge in [-0.1, -0.05) is 18.2 Å². The van der Waals surface area contributed by atoms with Crippen molar-refractivity contribution in [2.24, 2.45) is 0 Å². The predicted octanol–water partition coefficient (Wildman–Crippen LogP) is 1.00. The summed E-state index contributed by atoms with van der Waals surface area (Å²) in [4.78, 5) is 28.4. The predicted molar refractivity (Wildman–Crippen MR) is 90.4 cm³/mol. The number of carbonyl (C=O) groups is 1. The van der Waals surface area contributed by atoms with E-state index in [0.717, 1.165) is 0 Å². The molecule has 0 radical (unpaired) electrons. The van der Waals surface area contributed by atoms with Crippen LogP contribution in [-0.4, -0.2) is 49.0 Å². The molecule has 1 amide bonds. The minimum atomic E-state index is -0.391. The number of benzene rings is 1. The molecule has 1 aromatic carbocycles. The number of carbonyl (C=O) groups excluding carboxylic acids is 1. The third kappa shape index (κ3) is 4.61. The van der Waals surface area contributed by atoms with E-state index in [1.165, 1.54) is 6.07 Å². The normalized spacial score (nSPS) is 10.4. The van der Waals surface area contributed by atoms with Crippen LogP contribution < -0.4 is 15.1 Å². The molecule has 2 aromatic rings. The van der Waals surface area contributed by atoms with E-state index in [4.69, 9.17) is 0 Å². The number of hydrogen-bond donors (Lipinski definition) is 1. The number of rotatable bonds is 6. The van der Waals surface area contributed by atoms with Gasteiger partial charge in [0.15, 0.2) is 5.82 Å². The van der Waals surface area contributed by atoms with Crippen molar-refractivity contribution in [3.05, 3.63) is 41.5 Å². The standard InChI is InChI=1S/C16H21FN6O/c1-22(2)15-19-13(20-16(21-15)23(3)4)10-18-14(24)9-11-7-5-6-8-12(11)17/h5-8H,9-10H2,1-4H3,(H,18,24). The topological polar surface area (TPSA) is 74.2 Å². The largest absolute Gasteiger partial charge is 0.349 e. The molecule has 1 heterocycles. The highest BCUT2D eigenvalue weighted by molar-refractivity contribution is 5.78. The van der Waals surface area contributed by atoms with Crippen LogP contribution in [-0.2, 0) is 17.8 Å². The van der Waals surface area contributed by atoms with Crippen molar-refractivity contribution in [3.63, 3.8) is 0 Å². The zero-order valence-electron chi connectivity index (χ0n) is 14.2. The Kier molecular flexibility index (Phi) is 5.62. The number of hydrogen-bond acceptors (Lipinski definition) is 6. The summed E-state index contributed by atoms with van der Waals surface area (Å²) in [5, 5.41) is 2.71. The number of aromatic nitrogens is 3. The first-order valence-corrected chi connectivity index (χ1v) is 7.46. The maximum Gasteiger partial charge on any atom is 0.229 e. The van der Waals surface area contributed by atoms with Gasteiger partial charge in [0.1, 0.15) is 5.82 Å². The maximum absolute atomic E-state index is 13.6. The molecule has 128 valence electrons. The van der Waals surface area contributed by atoms with Crippen LogP contribution in [0.15, 0.2) is 24.3 Å². The summed E-state index contributed by atoms with van der Waals surface area (Å²) in [5.41, 5.74) is 0.355. The fourth-order valence-corrected chi connectivity index (χ4v) is 1.93. The third-order valence-corrected chi connectivity index (χ3v) is 3.21. The minimum Gasteiger partial charge on any atom is -0.349 e. The molecule has 1 aromatic heterocycles. The highest BCUT2D eigenvalue weighted by atomic mass is 19.1. The molecule has 0 spiro atoms. The minimum absolute atomic E-state index is 0.0289. The fourth-order valence-electron chi connectivity index (χ4n) is 1.93. The highest BCUT2D eigenvalue weighted by Gasteiger charge is 2.12. The van der Waals surface area contributed by atoms with Gasteiger partial charge in [0.2, 0.25) is 17.8 Å². The van der Waals surface area contributed by atoms with Crippen LogP contribution in [0.1, 0.15) is 11.4 Å². The van der Waals surface area contributed by atoms with E-state index in [2.05, 4.69) is 20.3 Å². The van der Waals surface area contributed by atoms with Gasteiger partial charge >= 0.3 is 0 Å². The zero-order valence-corrected chi connectivity index (χ0v) is 14.2. The third-order valence-electron chi connectivity index (χ3n) is 3.21. The molecule has 0 unspecified atom stereocenters. The highest BCUT2D eigenvalue weighted by Crippen LogP contribution is 2.10. The monoisotopic (exact) mass is 332 g/mol. The lowest BCUT2D eigenvalue weighted by Gasteiger charge is -2.16. The summed E-state index contributed by atoms with van der Waals surface area (Å²) < 4.78 is 13.6. The molecule has 0 fully saturated rings. The summed E-state index contributed by atoms with van der Waals surface area (Å²) in [6, 6.07) is 6.21. The Hall–Kier alpha value is -2.77. The average Bonchev–Trinajstić information content (AvgIpc) is 2.54. The van der Waals surface area contributed by atoms with Crippen molar-refractivity contribution in [3.8, 4) is 0 Å². The van der Waals surface area contributed by atoms with Gasteiger partial charge in [-0.3, -0.25) is 4.79 Å². The molecule has 0 saturated carbocycles. The molecule has 0 aliphatic carbocycles. The van der Waals surface area contributed by atoms with Crippen molar-refractivity contribution in [2.75, 3.05) is 38.0 Å². The first kappa shape index (κ1) is 17.6. The molecule has 7 nitrogen and oxygen atoms in total. The molecule has 2 rings (SSSR count). The maximum atomic E-state index is 13.6. The molecule has 0 bridgehead atoms. The van der Waals surface area contributed by atoms with Crippen LogP contribution in [0.3, 0.4) is 0 Å². The van der Waals surface area contributed by atoms with E-state index >= 15 is 0 Å². The van der Waals surface area contributed by atoms with E-state index < -0.39 is 5.82 Å². The molecular weight excluding hydrogens is 311 g/mol. The van der Waals surface area contributed by atoms with Gasteiger partial charge in [0, 0.05) is 28.2 Å². The molecular formula is C16H21FN6O. The van der Waals surface area contributed by atoms with Crippen LogP contribution in [0.5, 0.6) is 0 Å². The Bertz CT molecular complexity index is 693. The second-order valence-electron chi connectivity index (χ2n) is 5.69. The second kappa shape index (κ2) is 7.67. The summed E-state index contributed by atoms with van der Waals surface area (Å²) in [6.45, 7) is 0.150. The summed E-state index contributed by atoms with van der Waals surface area (Å²) in [7, 11) is 7.31. The number of nitrogens with one attached hydrogen (secondary N) is 1. The lowest BCUT2D eigenvalue weighted by Crippen LogP contribution is -2.27. The number of halogens is 1. The smallest absolute Gasteiger partial charge is 0.229 e. The molecule has 0 atom stereocenters. The first-order valence-electron chi connectivity index (χ1n) is 7.46. The zero-order chi connectivity index (χ0) is 17.7. The van der Waals surface area contributed by atoms with Crippen LogP contribution in [0.25, 0.3) is 0 Å². The van der Waals surface area contributed by atoms with E-state index in [0.29, 0.717) is 23.3 Å². The quantitative estimate of drug-likeness (QED) is 0.851. The summed E-state index contributed by atoms with van der Waals surface area (Å²) in [5.74, 6) is 0.773. The van der Waals surface area contributed by atoms with E-state index in [1.54, 1.807) is 28.0 Å². The van der Waals surface area contributed by atoms with Gasteiger partial charge in [-0.15, -0.1) is 0 Å². The van der Waals surface area contributed by atoms with E-state index in [9.17, 15) is 9.18 Å². The summed E-state index contributed by atoms with van der Waals surface area (Å²) >= 11 is 0. The van der Waals surface area contributed by atoms with Crippen LogP contribution in [0.2, 0.25) is 0 Å². The van der Waals surface area contributed by atoms with Crippen LogP contribution in [0.4, 0.5) is 16.3 Å². The van der Waals surface area contributed by atoms with E-state index in [-0.39, 0.29) is 18.9 Å². The molecule has 1 N–H and O–H groups in total. The molecule has 0 saturated heterocycles. The van der Waals surface area contributed by atoms with Gasteiger partial charge in [-0.05, 0) is 11.6 Å². The first-order chi connectivity index (χ1) is 11.4. The van der Waals surface area contributed by atoms with Gasteiger partial charge in [-0.25, -0.2) is 4.39 Å². The van der Waals surface area contributed by atoms with Crippen molar-refractivity contribution >= 4 is 17.8 Å². The molecule has 24 heavy (non-hydrogen) atoms.